The minimum atomic E-state index is -0.594. The fraction of sp³-hybridized carbons (Fsp3) is 0.520. The van der Waals surface area contributed by atoms with Gasteiger partial charge in [0, 0.05) is 16.9 Å². The van der Waals surface area contributed by atoms with Crippen molar-refractivity contribution in [1.82, 2.24) is 24.8 Å². The Labute approximate surface area is 214 Å². The van der Waals surface area contributed by atoms with E-state index in [4.69, 9.17) is 32.5 Å². The van der Waals surface area contributed by atoms with Crippen LogP contribution in [0.3, 0.4) is 0 Å². The number of fused-ring (bicyclic) bond motifs is 3. The van der Waals surface area contributed by atoms with E-state index in [1.807, 2.05) is 45.9 Å². The quantitative estimate of drug-likeness (QED) is 0.382. The average Bonchev–Trinajstić information content (AvgIpc) is 3.31. The highest BCUT2D eigenvalue weighted by atomic mass is 35.5. The molecule has 8 nitrogen and oxygen atoms in total. The monoisotopic (exact) mass is 517 g/mol. The largest absolute Gasteiger partial charge is 0.444 e. The van der Waals surface area contributed by atoms with Crippen molar-refractivity contribution in [2.45, 2.75) is 83.9 Å². The molecule has 3 heterocycles. The maximum absolute atomic E-state index is 13.0. The van der Waals surface area contributed by atoms with Crippen LogP contribution in [-0.2, 0) is 17.8 Å². The molecule has 1 aliphatic heterocycles. The smallest absolute Gasteiger partial charge is 0.411 e. The third-order valence-corrected chi connectivity index (χ3v) is 7.37. The number of ether oxygens (including phenoxy) is 1. The molecule has 0 atom stereocenters. The summed E-state index contributed by atoms with van der Waals surface area (Å²) in [5.41, 5.74) is 2.15. The van der Waals surface area contributed by atoms with Gasteiger partial charge in [-0.15, -0.1) is 10.2 Å². The van der Waals surface area contributed by atoms with Gasteiger partial charge in [-0.2, -0.15) is 0 Å². The first-order valence-electron chi connectivity index (χ1n) is 11.9. The molecule has 2 aromatic heterocycles. The van der Waals surface area contributed by atoms with Gasteiger partial charge < -0.3 is 9.26 Å². The third-order valence-electron chi connectivity index (χ3n) is 6.68. The van der Waals surface area contributed by atoms with Crippen molar-refractivity contribution in [3.63, 3.8) is 0 Å². The topological polar surface area (TPSA) is 86.3 Å². The highest BCUT2D eigenvalue weighted by molar-refractivity contribution is 6.31. The van der Waals surface area contributed by atoms with Gasteiger partial charge in [0.2, 0.25) is 0 Å². The molecule has 0 spiro atoms. The van der Waals surface area contributed by atoms with Crippen molar-refractivity contribution in [3.8, 4) is 5.69 Å². The number of rotatable bonds is 2. The zero-order valence-corrected chi connectivity index (χ0v) is 21.9. The van der Waals surface area contributed by atoms with Crippen LogP contribution in [0.25, 0.3) is 5.69 Å². The summed E-state index contributed by atoms with van der Waals surface area (Å²) in [6, 6.07) is 5.75. The molecule has 1 fully saturated rings. The van der Waals surface area contributed by atoms with Gasteiger partial charge in [-0.3, -0.25) is 9.47 Å². The highest BCUT2D eigenvalue weighted by Gasteiger charge is 2.34. The Bertz CT molecular complexity index is 1250. The van der Waals surface area contributed by atoms with Crippen LogP contribution in [0.5, 0.6) is 0 Å². The second-order valence-electron chi connectivity index (χ2n) is 10.4. The first-order chi connectivity index (χ1) is 16.6. The SMILES string of the molecule is Cc1onc(C2CCC(c3nnc4n3-c3ccc(Cl)cc3CN(C(=O)OC(C)(C)C)C4)CC2)c1Cl. The zero-order valence-electron chi connectivity index (χ0n) is 20.3. The van der Waals surface area contributed by atoms with Crippen LogP contribution in [0.1, 0.15) is 87.0 Å². The number of carbonyl (C=O) groups excluding carboxylic acids is 1. The minimum absolute atomic E-state index is 0.232. The number of benzene rings is 1. The third kappa shape index (κ3) is 4.78. The van der Waals surface area contributed by atoms with Crippen molar-refractivity contribution in [3.05, 3.63) is 56.9 Å². The van der Waals surface area contributed by atoms with Crippen LogP contribution in [0.15, 0.2) is 22.7 Å². The molecule has 186 valence electrons. The Morgan fingerprint density at radius 1 is 1.09 bits per heavy atom. The fourth-order valence-electron chi connectivity index (χ4n) is 5.00. The molecule has 0 unspecified atom stereocenters. The summed E-state index contributed by atoms with van der Waals surface area (Å²) in [4.78, 5) is 14.6. The lowest BCUT2D eigenvalue weighted by Gasteiger charge is -2.27. The van der Waals surface area contributed by atoms with Crippen LogP contribution < -0.4 is 0 Å². The van der Waals surface area contributed by atoms with Crippen LogP contribution >= 0.6 is 23.2 Å². The second kappa shape index (κ2) is 9.13. The molecule has 0 saturated heterocycles. The van der Waals surface area contributed by atoms with Gasteiger partial charge in [-0.25, -0.2) is 4.79 Å². The number of nitrogens with zero attached hydrogens (tertiary/aromatic N) is 5. The van der Waals surface area contributed by atoms with Crippen molar-refractivity contribution < 1.29 is 14.1 Å². The first-order valence-corrected chi connectivity index (χ1v) is 12.7. The Balaban J connectivity index is 1.44. The molecular formula is C25H29Cl2N5O3. The maximum Gasteiger partial charge on any atom is 0.411 e. The molecule has 0 bridgehead atoms. The van der Waals surface area contributed by atoms with Gasteiger partial charge in [0.15, 0.2) is 11.6 Å². The molecule has 1 amide bonds. The number of aryl methyl sites for hydroxylation is 1. The summed E-state index contributed by atoms with van der Waals surface area (Å²) in [5, 5.41) is 14.6. The lowest BCUT2D eigenvalue weighted by molar-refractivity contribution is 0.0214. The standard InChI is InChI=1S/C25H29Cl2N5O3/c1-14-21(27)22(30-35-14)15-5-7-16(8-6-15)23-29-28-20-13-31(24(33)34-25(2,3)4)12-17-11-18(26)9-10-19(17)32(20)23/h9-11,15-16H,5-8,12-13H2,1-4H3. The molecule has 5 rings (SSSR count). The summed E-state index contributed by atoms with van der Waals surface area (Å²) in [5.74, 6) is 2.79. The number of amides is 1. The molecule has 10 heteroatoms. The Morgan fingerprint density at radius 3 is 2.46 bits per heavy atom. The number of aromatic nitrogens is 4. The number of halogens is 2. The zero-order chi connectivity index (χ0) is 24.9. The van der Waals surface area contributed by atoms with Gasteiger partial charge in [-0.1, -0.05) is 28.4 Å². The van der Waals surface area contributed by atoms with Crippen LogP contribution in [-0.4, -0.2) is 36.5 Å². The molecule has 1 aromatic carbocycles. The molecule has 1 saturated carbocycles. The summed E-state index contributed by atoms with van der Waals surface area (Å²) in [6.45, 7) is 8.09. The lowest BCUT2D eigenvalue weighted by atomic mass is 9.80. The van der Waals surface area contributed by atoms with Crippen molar-refractivity contribution in [2.24, 2.45) is 0 Å². The Hall–Kier alpha value is -2.58. The van der Waals surface area contributed by atoms with Crippen LogP contribution in [0.4, 0.5) is 4.79 Å². The van der Waals surface area contributed by atoms with Crippen molar-refractivity contribution >= 4 is 29.3 Å². The van der Waals surface area contributed by atoms with E-state index in [9.17, 15) is 4.79 Å². The van der Waals surface area contributed by atoms with E-state index in [1.165, 1.54) is 0 Å². The van der Waals surface area contributed by atoms with Gasteiger partial charge in [0.25, 0.3) is 0 Å². The van der Waals surface area contributed by atoms with Gasteiger partial charge in [-0.05, 0) is 77.1 Å². The van der Waals surface area contributed by atoms with Crippen LogP contribution in [0.2, 0.25) is 10.0 Å². The van der Waals surface area contributed by atoms with Crippen molar-refractivity contribution in [2.75, 3.05) is 0 Å². The van der Waals surface area contributed by atoms with Crippen LogP contribution in [0, 0.1) is 6.92 Å². The Kier molecular flexibility index (Phi) is 6.30. The van der Waals surface area contributed by atoms with E-state index in [-0.39, 0.29) is 17.9 Å². The molecule has 3 aromatic rings. The van der Waals surface area contributed by atoms with E-state index in [0.717, 1.165) is 48.5 Å². The molecule has 0 N–H and O–H groups in total. The summed E-state index contributed by atoms with van der Waals surface area (Å²) < 4.78 is 13.0. The molecule has 0 radical (unpaired) electrons. The highest BCUT2D eigenvalue weighted by Crippen LogP contribution is 2.43. The van der Waals surface area contributed by atoms with E-state index >= 15 is 0 Å². The maximum atomic E-state index is 13.0. The summed E-state index contributed by atoms with van der Waals surface area (Å²) >= 11 is 12.7. The minimum Gasteiger partial charge on any atom is -0.444 e. The molecule has 35 heavy (non-hydrogen) atoms. The summed E-state index contributed by atoms with van der Waals surface area (Å²) in [6.07, 6.45) is 3.36. The predicted octanol–water partition coefficient (Wildman–Crippen LogP) is 6.56. The van der Waals surface area contributed by atoms with Crippen molar-refractivity contribution in [1.29, 1.82) is 0 Å². The van der Waals surface area contributed by atoms with Gasteiger partial charge in [0.05, 0.1) is 18.8 Å². The first kappa shape index (κ1) is 24.1. The molecular weight excluding hydrogens is 489 g/mol. The average molecular weight is 518 g/mol. The second-order valence-corrected chi connectivity index (χ2v) is 11.2. The Morgan fingerprint density at radius 2 is 1.80 bits per heavy atom. The van der Waals surface area contributed by atoms with E-state index in [2.05, 4.69) is 19.9 Å². The fourth-order valence-corrected chi connectivity index (χ4v) is 5.42. The lowest BCUT2D eigenvalue weighted by Crippen LogP contribution is -2.35. The van der Waals surface area contributed by atoms with Gasteiger partial charge in [0.1, 0.15) is 22.1 Å². The number of hydrogen-bond donors (Lipinski definition) is 0. The molecule has 1 aliphatic carbocycles. The van der Waals surface area contributed by atoms with E-state index in [0.29, 0.717) is 34.7 Å². The normalized spacial score (nSPS) is 20.2. The van der Waals surface area contributed by atoms with E-state index in [1.54, 1.807) is 4.90 Å². The summed E-state index contributed by atoms with van der Waals surface area (Å²) in [7, 11) is 0. The number of hydrogen-bond acceptors (Lipinski definition) is 6. The predicted molar refractivity (Wildman–Crippen MR) is 132 cm³/mol. The number of carbonyl (C=O) groups is 1. The van der Waals surface area contributed by atoms with Gasteiger partial charge >= 0.3 is 6.09 Å². The molecule has 2 aliphatic rings. The van der Waals surface area contributed by atoms with E-state index < -0.39 is 5.60 Å².